The van der Waals surface area contributed by atoms with Crippen LogP contribution >= 0.6 is 24.0 Å². The van der Waals surface area contributed by atoms with Crippen LogP contribution in [0.4, 0.5) is 5.95 Å². The van der Waals surface area contributed by atoms with Crippen molar-refractivity contribution in [3.63, 3.8) is 0 Å². The van der Waals surface area contributed by atoms with Gasteiger partial charge in [0.2, 0.25) is 5.95 Å². The quantitative estimate of drug-likeness (QED) is 0.380. The third-order valence-electron chi connectivity index (χ3n) is 4.88. The summed E-state index contributed by atoms with van der Waals surface area (Å²) < 4.78 is 0. The molecule has 3 rings (SSSR count). The maximum absolute atomic E-state index is 6.22. The van der Waals surface area contributed by atoms with E-state index in [1.165, 1.54) is 0 Å². The van der Waals surface area contributed by atoms with Gasteiger partial charge in [0.15, 0.2) is 5.96 Å². The smallest absolute Gasteiger partial charge is 0.225 e. The average Bonchev–Trinajstić information content (AvgIpc) is 2.63. The Morgan fingerprint density at radius 2 is 1.80 bits per heavy atom. The fraction of sp³-hybridized carbons (Fsp3) is 0.688. The molecule has 25 heavy (non-hydrogen) atoms. The predicted molar refractivity (Wildman–Crippen MR) is 112 cm³/mol. The van der Waals surface area contributed by atoms with E-state index in [0.29, 0.717) is 12.0 Å². The van der Waals surface area contributed by atoms with Crippen LogP contribution in [0.25, 0.3) is 0 Å². The highest BCUT2D eigenvalue weighted by atomic mass is 127. The number of rotatable bonds is 3. The molecule has 0 bridgehead atoms. The third-order valence-corrected chi connectivity index (χ3v) is 4.88. The highest BCUT2D eigenvalue weighted by Gasteiger charge is 2.23. The molecule has 0 saturated carbocycles. The number of hydrogen-bond acceptors (Lipinski definition) is 6. The zero-order chi connectivity index (χ0) is 16.9. The van der Waals surface area contributed by atoms with Gasteiger partial charge in [-0.15, -0.1) is 24.0 Å². The molecular formula is C16H29IN8. The molecule has 2 fully saturated rings. The van der Waals surface area contributed by atoms with Crippen LogP contribution in [0, 0.1) is 0 Å². The molecule has 0 amide bonds. The Labute approximate surface area is 167 Å². The Hall–Kier alpha value is -1.20. The van der Waals surface area contributed by atoms with Gasteiger partial charge in [-0.25, -0.2) is 9.97 Å². The molecule has 140 valence electrons. The second kappa shape index (κ2) is 9.48. The Bertz CT molecular complexity index is 546. The van der Waals surface area contributed by atoms with Crippen molar-refractivity contribution >= 4 is 35.9 Å². The monoisotopic (exact) mass is 460 g/mol. The van der Waals surface area contributed by atoms with E-state index in [0.717, 1.165) is 58.3 Å². The largest absolute Gasteiger partial charge is 0.370 e. The maximum atomic E-state index is 6.22. The Kier molecular flexibility index (Phi) is 7.63. The molecule has 8 nitrogen and oxygen atoms in total. The van der Waals surface area contributed by atoms with Crippen molar-refractivity contribution in [2.24, 2.45) is 10.7 Å². The first-order valence-corrected chi connectivity index (χ1v) is 8.59. The number of halogens is 1. The van der Waals surface area contributed by atoms with Gasteiger partial charge in [0.1, 0.15) is 0 Å². The molecule has 2 aliphatic heterocycles. The van der Waals surface area contributed by atoms with E-state index in [4.69, 9.17) is 5.73 Å². The summed E-state index contributed by atoms with van der Waals surface area (Å²) >= 11 is 0. The summed E-state index contributed by atoms with van der Waals surface area (Å²) in [7, 11) is 4.33. The van der Waals surface area contributed by atoms with E-state index in [-0.39, 0.29) is 24.0 Å². The van der Waals surface area contributed by atoms with Gasteiger partial charge in [-0.1, -0.05) is 0 Å². The number of anilines is 1. The summed E-state index contributed by atoms with van der Waals surface area (Å²) in [5.41, 5.74) is 6.22. The van der Waals surface area contributed by atoms with Crippen LogP contribution in [0.3, 0.4) is 0 Å². The lowest BCUT2D eigenvalue weighted by Gasteiger charge is -2.37. The van der Waals surface area contributed by atoms with Crippen LogP contribution in [0.5, 0.6) is 0 Å². The zero-order valence-electron chi connectivity index (χ0n) is 15.1. The fourth-order valence-corrected chi connectivity index (χ4v) is 3.19. The molecule has 1 unspecified atom stereocenters. The number of nitrogens with zero attached hydrogens (tertiary/aromatic N) is 7. The van der Waals surface area contributed by atoms with Crippen molar-refractivity contribution in [3.05, 3.63) is 18.5 Å². The first-order valence-electron chi connectivity index (χ1n) is 8.59. The van der Waals surface area contributed by atoms with E-state index in [1.54, 1.807) is 12.4 Å². The summed E-state index contributed by atoms with van der Waals surface area (Å²) in [4.78, 5) is 22.4. The lowest BCUT2D eigenvalue weighted by Crippen LogP contribution is -2.53. The van der Waals surface area contributed by atoms with Crippen molar-refractivity contribution in [3.8, 4) is 0 Å². The van der Waals surface area contributed by atoms with Crippen molar-refractivity contribution < 1.29 is 0 Å². The van der Waals surface area contributed by atoms with Crippen LogP contribution in [0.15, 0.2) is 23.5 Å². The highest BCUT2D eigenvalue weighted by Crippen LogP contribution is 2.10. The standard InChI is InChI=1S/C16H28N8.HI/c1-21-6-7-22(2)14(13-21)12-20-15(17)23-8-10-24(11-9-23)16-18-4-3-5-19-16;/h3-5,14H,6-13H2,1-2H3,(H2,17,20);1H. The molecule has 3 heterocycles. The summed E-state index contributed by atoms with van der Waals surface area (Å²) in [6.07, 6.45) is 3.56. The van der Waals surface area contributed by atoms with Crippen molar-refractivity contribution in [1.82, 2.24) is 24.7 Å². The Balaban J connectivity index is 0.00000225. The van der Waals surface area contributed by atoms with Crippen LogP contribution in [0.2, 0.25) is 0 Å². The number of piperazine rings is 2. The third kappa shape index (κ3) is 5.38. The second-order valence-electron chi connectivity index (χ2n) is 6.62. The molecule has 9 heteroatoms. The Morgan fingerprint density at radius 3 is 2.48 bits per heavy atom. The van der Waals surface area contributed by atoms with Crippen LogP contribution in [-0.2, 0) is 0 Å². The first-order chi connectivity index (χ1) is 11.6. The van der Waals surface area contributed by atoms with E-state index >= 15 is 0 Å². The minimum absolute atomic E-state index is 0. The molecule has 2 aliphatic rings. The molecule has 1 aromatic heterocycles. The number of guanidine groups is 1. The minimum atomic E-state index is 0. The molecule has 0 spiro atoms. The zero-order valence-corrected chi connectivity index (χ0v) is 17.4. The number of nitrogens with two attached hydrogens (primary N) is 1. The Morgan fingerprint density at radius 1 is 1.12 bits per heavy atom. The van der Waals surface area contributed by atoms with Crippen molar-refractivity contribution in [2.75, 3.05) is 71.4 Å². The first kappa shape index (κ1) is 20.1. The van der Waals surface area contributed by atoms with Gasteiger partial charge in [-0.05, 0) is 20.2 Å². The normalized spacial score (nSPS) is 23.4. The number of hydrogen-bond donors (Lipinski definition) is 1. The van der Waals surface area contributed by atoms with Crippen LogP contribution < -0.4 is 10.6 Å². The highest BCUT2D eigenvalue weighted by molar-refractivity contribution is 14.0. The second-order valence-corrected chi connectivity index (χ2v) is 6.62. The van der Waals surface area contributed by atoms with E-state index in [9.17, 15) is 0 Å². The topological polar surface area (TPSA) is 77.1 Å². The van der Waals surface area contributed by atoms with Crippen LogP contribution in [-0.4, -0.2) is 103 Å². The SMILES string of the molecule is CN1CCN(C)C(CN=C(N)N2CCN(c3ncccn3)CC2)C1.I. The lowest BCUT2D eigenvalue weighted by molar-refractivity contribution is 0.119. The van der Waals surface area contributed by atoms with Crippen LogP contribution in [0.1, 0.15) is 0 Å². The molecule has 1 atom stereocenters. The van der Waals surface area contributed by atoms with E-state index in [2.05, 4.69) is 48.7 Å². The van der Waals surface area contributed by atoms with Gasteiger partial charge in [0.05, 0.1) is 6.54 Å². The van der Waals surface area contributed by atoms with Gasteiger partial charge in [-0.3, -0.25) is 9.89 Å². The summed E-state index contributed by atoms with van der Waals surface area (Å²) in [6, 6.07) is 2.28. The summed E-state index contributed by atoms with van der Waals surface area (Å²) in [5, 5.41) is 0. The number of aliphatic imine (C=N–C) groups is 1. The van der Waals surface area contributed by atoms with E-state index in [1.807, 2.05) is 6.07 Å². The molecule has 0 radical (unpaired) electrons. The van der Waals surface area contributed by atoms with Gasteiger partial charge in [0.25, 0.3) is 0 Å². The van der Waals surface area contributed by atoms with Gasteiger partial charge in [-0.2, -0.15) is 0 Å². The van der Waals surface area contributed by atoms with E-state index < -0.39 is 0 Å². The minimum Gasteiger partial charge on any atom is -0.370 e. The molecule has 2 N–H and O–H groups in total. The number of aromatic nitrogens is 2. The van der Waals surface area contributed by atoms with Gasteiger partial charge in [0, 0.05) is 64.2 Å². The number of likely N-dealkylation sites (N-methyl/N-ethyl adjacent to an activating group) is 2. The fourth-order valence-electron chi connectivity index (χ4n) is 3.19. The summed E-state index contributed by atoms with van der Waals surface area (Å²) in [6.45, 7) is 7.46. The molecule has 0 aliphatic carbocycles. The van der Waals surface area contributed by atoms with Crippen molar-refractivity contribution in [1.29, 1.82) is 0 Å². The molecule has 2 saturated heterocycles. The van der Waals surface area contributed by atoms with Gasteiger partial charge < -0.3 is 20.4 Å². The van der Waals surface area contributed by atoms with Gasteiger partial charge >= 0.3 is 0 Å². The predicted octanol–water partition coefficient (Wildman–Crippen LogP) is -0.223. The molecule has 1 aromatic rings. The maximum Gasteiger partial charge on any atom is 0.225 e. The molecule has 0 aromatic carbocycles. The average molecular weight is 460 g/mol. The molecular weight excluding hydrogens is 431 g/mol. The summed E-state index contributed by atoms with van der Waals surface area (Å²) in [5.74, 6) is 1.45. The van der Waals surface area contributed by atoms with Crippen molar-refractivity contribution in [2.45, 2.75) is 6.04 Å². The lowest BCUT2D eigenvalue weighted by atomic mass is 10.2.